The fraction of sp³-hybridized carbons (Fsp3) is 0.200. The van der Waals surface area contributed by atoms with Gasteiger partial charge in [0.1, 0.15) is 11.9 Å². The Kier molecular flexibility index (Phi) is 3.88. The molecule has 1 aromatic heterocycles. The van der Waals surface area contributed by atoms with Crippen LogP contribution >= 0.6 is 0 Å². The van der Waals surface area contributed by atoms with Crippen molar-refractivity contribution < 1.29 is 9.53 Å². The third-order valence-corrected chi connectivity index (χ3v) is 4.71. The average molecular weight is 349 g/mol. The maximum absolute atomic E-state index is 12.5. The summed E-state index contributed by atoms with van der Waals surface area (Å²) >= 11 is 0. The molecule has 2 N–H and O–H groups in total. The van der Waals surface area contributed by atoms with E-state index in [0.717, 1.165) is 22.2 Å². The molecule has 0 saturated heterocycles. The molecule has 0 fully saturated rings. The summed E-state index contributed by atoms with van der Waals surface area (Å²) in [6.45, 7) is 1.93. The van der Waals surface area contributed by atoms with Gasteiger partial charge in [-0.15, -0.1) is 0 Å². The lowest BCUT2D eigenvalue weighted by atomic mass is 10.1. The number of aromatic nitrogens is 1. The summed E-state index contributed by atoms with van der Waals surface area (Å²) in [6.07, 6.45) is -0.143. The van der Waals surface area contributed by atoms with Crippen molar-refractivity contribution in [3.8, 4) is 5.75 Å². The number of nitrogens with one attached hydrogen (secondary N) is 2. The van der Waals surface area contributed by atoms with Gasteiger partial charge < -0.3 is 19.9 Å². The number of urea groups is 1. The number of pyridine rings is 1. The Labute approximate surface area is 150 Å². The van der Waals surface area contributed by atoms with Crippen molar-refractivity contribution >= 4 is 22.6 Å². The third-order valence-electron chi connectivity index (χ3n) is 4.71. The summed E-state index contributed by atoms with van der Waals surface area (Å²) in [6, 6.07) is 15.9. The van der Waals surface area contributed by atoms with E-state index in [1.54, 1.807) is 23.7 Å². The number of amides is 2. The van der Waals surface area contributed by atoms with Crippen molar-refractivity contribution in [3.63, 3.8) is 0 Å². The number of anilines is 1. The molecule has 0 bridgehead atoms. The van der Waals surface area contributed by atoms with Gasteiger partial charge in [0.25, 0.3) is 5.56 Å². The summed E-state index contributed by atoms with van der Waals surface area (Å²) in [4.78, 5) is 24.3. The van der Waals surface area contributed by atoms with Crippen LogP contribution in [0.15, 0.2) is 59.4 Å². The van der Waals surface area contributed by atoms with E-state index in [1.807, 2.05) is 43.3 Å². The highest BCUT2D eigenvalue weighted by molar-refractivity contribution is 5.92. The molecule has 2 amide bonds. The van der Waals surface area contributed by atoms with Crippen LogP contribution in [0, 0.1) is 0 Å². The second-order valence-electron chi connectivity index (χ2n) is 6.44. The van der Waals surface area contributed by atoms with E-state index in [2.05, 4.69) is 10.6 Å². The standard InChI is InChI=1S/C20H19N3O3/c1-12-19(15-5-3-4-6-17(15)26-12)22-20(25)21-14-9-7-13-8-10-18(24)23(2)16(13)11-14/h3-12,19H,1-2H3,(H2,21,22,25). The van der Waals surface area contributed by atoms with Gasteiger partial charge >= 0.3 is 6.03 Å². The van der Waals surface area contributed by atoms with Crippen molar-refractivity contribution in [2.75, 3.05) is 5.32 Å². The molecule has 6 heteroatoms. The minimum Gasteiger partial charge on any atom is -0.488 e. The van der Waals surface area contributed by atoms with E-state index in [4.69, 9.17) is 4.74 Å². The molecule has 0 aliphatic carbocycles. The molecular weight excluding hydrogens is 330 g/mol. The summed E-state index contributed by atoms with van der Waals surface area (Å²) in [7, 11) is 1.71. The maximum atomic E-state index is 12.5. The molecule has 2 atom stereocenters. The Hall–Kier alpha value is -3.28. The first-order chi connectivity index (χ1) is 12.5. The average Bonchev–Trinajstić information content (AvgIpc) is 2.94. The van der Waals surface area contributed by atoms with Crippen LogP contribution in [-0.4, -0.2) is 16.7 Å². The van der Waals surface area contributed by atoms with Crippen LogP contribution in [0.2, 0.25) is 0 Å². The van der Waals surface area contributed by atoms with E-state index < -0.39 is 0 Å². The number of rotatable bonds is 2. The Balaban J connectivity index is 1.55. The number of benzene rings is 2. The second kappa shape index (κ2) is 6.22. The van der Waals surface area contributed by atoms with Gasteiger partial charge in [0.05, 0.1) is 11.6 Å². The van der Waals surface area contributed by atoms with Crippen LogP contribution in [0.5, 0.6) is 5.75 Å². The van der Waals surface area contributed by atoms with Crippen molar-refractivity contribution in [1.29, 1.82) is 0 Å². The fourth-order valence-electron chi connectivity index (χ4n) is 3.31. The third kappa shape index (κ3) is 2.79. The minimum absolute atomic E-state index is 0.0902. The lowest BCUT2D eigenvalue weighted by molar-refractivity contribution is 0.204. The number of para-hydroxylation sites is 1. The SMILES string of the molecule is CC1Oc2ccccc2C1NC(=O)Nc1ccc2ccc(=O)n(C)c2c1. The van der Waals surface area contributed by atoms with Crippen LogP contribution in [0.4, 0.5) is 10.5 Å². The molecule has 0 radical (unpaired) electrons. The van der Waals surface area contributed by atoms with Crippen LogP contribution in [0.25, 0.3) is 10.9 Å². The number of ether oxygens (including phenoxy) is 1. The number of hydrogen-bond acceptors (Lipinski definition) is 3. The Morgan fingerprint density at radius 2 is 1.88 bits per heavy atom. The van der Waals surface area contributed by atoms with Crippen molar-refractivity contribution in [1.82, 2.24) is 9.88 Å². The summed E-state index contributed by atoms with van der Waals surface area (Å²) in [5, 5.41) is 6.74. The quantitative estimate of drug-likeness (QED) is 0.746. The zero-order chi connectivity index (χ0) is 18.3. The number of aryl methyl sites for hydroxylation is 1. The van der Waals surface area contributed by atoms with E-state index in [9.17, 15) is 9.59 Å². The maximum Gasteiger partial charge on any atom is 0.319 e. The molecule has 1 aliphatic rings. The lowest BCUT2D eigenvalue weighted by Gasteiger charge is -2.17. The zero-order valence-corrected chi connectivity index (χ0v) is 14.5. The zero-order valence-electron chi connectivity index (χ0n) is 14.5. The normalized spacial score (nSPS) is 18.2. The van der Waals surface area contributed by atoms with E-state index in [-0.39, 0.29) is 23.7 Å². The van der Waals surface area contributed by atoms with Crippen LogP contribution in [0.3, 0.4) is 0 Å². The fourth-order valence-corrected chi connectivity index (χ4v) is 3.31. The predicted octanol–water partition coefficient (Wildman–Crippen LogP) is 3.18. The summed E-state index contributed by atoms with van der Waals surface area (Å²) < 4.78 is 7.33. The molecule has 1 aliphatic heterocycles. The first-order valence-corrected chi connectivity index (χ1v) is 8.46. The number of fused-ring (bicyclic) bond motifs is 2. The Morgan fingerprint density at radius 3 is 2.73 bits per heavy atom. The number of carbonyl (C=O) groups is 1. The summed E-state index contributed by atoms with van der Waals surface area (Å²) in [5.74, 6) is 0.797. The highest BCUT2D eigenvalue weighted by Gasteiger charge is 2.32. The van der Waals surface area contributed by atoms with Gasteiger partial charge in [-0.1, -0.05) is 24.3 Å². The molecule has 2 heterocycles. The monoisotopic (exact) mass is 349 g/mol. The van der Waals surface area contributed by atoms with Crippen molar-refractivity contribution in [2.45, 2.75) is 19.1 Å². The number of nitrogens with zero attached hydrogens (tertiary/aromatic N) is 1. The number of carbonyl (C=O) groups excluding carboxylic acids is 1. The number of hydrogen-bond donors (Lipinski definition) is 2. The van der Waals surface area contributed by atoms with Crippen molar-refractivity contribution in [2.24, 2.45) is 7.05 Å². The lowest BCUT2D eigenvalue weighted by Crippen LogP contribution is -2.36. The molecule has 132 valence electrons. The van der Waals surface area contributed by atoms with Gasteiger partial charge in [-0.25, -0.2) is 4.79 Å². The van der Waals surface area contributed by atoms with Gasteiger partial charge in [0, 0.05) is 24.4 Å². The topological polar surface area (TPSA) is 72.4 Å². The molecule has 3 aromatic rings. The van der Waals surface area contributed by atoms with Crippen LogP contribution in [-0.2, 0) is 7.05 Å². The molecule has 0 saturated carbocycles. The van der Waals surface area contributed by atoms with E-state index in [1.165, 1.54) is 6.07 Å². The smallest absolute Gasteiger partial charge is 0.319 e. The van der Waals surface area contributed by atoms with Gasteiger partial charge in [-0.05, 0) is 36.6 Å². The van der Waals surface area contributed by atoms with Crippen LogP contribution < -0.4 is 20.9 Å². The van der Waals surface area contributed by atoms with Gasteiger partial charge in [0.2, 0.25) is 0 Å². The molecule has 0 spiro atoms. The van der Waals surface area contributed by atoms with Crippen molar-refractivity contribution in [3.05, 3.63) is 70.5 Å². The molecule has 6 nitrogen and oxygen atoms in total. The molecule has 2 aromatic carbocycles. The Morgan fingerprint density at radius 1 is 1.12 bits per heavy atom. The molecular formula is C20H19N3O3. The van der Waals surface area contributed by atoms with E-state index in [0.29, 0.717) is 5.69 Å². The van der Waals surface area contributed by atoms with Gasteiger partial charge in [-0.3, -0.25) is 4.79 Å². The van der Waals surface area contributed by atoms with Gasteiger partial charge in [0.15, 0.2) is 0 Å². The molecule has 26 heavy (non-hydrogen) atoms. The summed E-state index contributed by atoms with van der Waals surface area (Å²) in [5.41, 5.74) is 2.26. The first-order valence-electron chi connectivity index (χ1n) is 8.46. The first kappa shape index (κ1) is 16.2. The molecule has 4 rings (SSSR count). The van der Waals surface area contributed by atoms with Crippen LogP contribution in [0.1, 0.15) is 18.5 Å². The van der Waals surface area contributed by atoms with E-state index >= 15 is 0 Å². The Bertz CT molecular complexity index is 1060. The largest absolute Gasteiger partial charge is 0.488 e. The predicted molar refractivity (Wildman–Crippen MR) is 101 cm³/mol. The highest BCUT2D eigenvalue weighted by atomic mass is 16.5. The second-order valence-corrected chi connectivity index (χ2v) is 6.44. The molecule has 2 unspecified atom stereocenters. The van der Waals surface area contributed by atoms with Gasteiger partial charge in [-0.2, -0.15) is 0 Å². The minimum atomic E-state index is -0.317. The highest BCUT2D eigenvalue weighted by Crippen LogP contribution is 2.36.